The molecular formula is C16H22N4O7S. The SMILES string of the molecule is CO[C@@H]1O[C@H]([C@H](CN=[N+]=[N-])OS(C)(=O)=O)[C@@H](OC)[C@H]1NC(=O)c1ccccc1. The van der Waals surface area contributed by atoms with Gasteiger partial charge in [-0.05, 0) is 17.7 Å². The van der Waals surface area contributed by atoms with E-state index in [1.165, 1.54) is 14.2 Å². The van der Waals surface area contributed by atoms with Gasteiger partial charge in [-0.3, -0.25) is 8.98 Å². The van der Waals surface area contributed by atoms with Crippen molar-refractivity contribution >= 4 is 16.0 Å². The average Bonchev–Trinajstić information content (AvgIpc) is 3.02. The molecule has 0 aliphatic carbocycles. The molecular weight excluding hydrogens is 392 g/mol. The fourth-order valence-electron chi connectivity index (χ4n) is 2.96. The van der Waals surface area contributed by atoms with Gasteiger partial charge in [0.15, 0.2) is 6.29 Å². The summed E-state index contributed by atoms with van der Waals surface area (Å²) in [4.78, 5) is 15.2. The molecule has 1 heterocycles. The van der Waals surface area contributed by atoms with E-state index < -0.39 is 40.8 Å². The van der Waals surface area contributed by atoms with Gasteiger partial charge in [-0.1, -0.05) is 23.3 Å². The third-order valence-corrected chi connectivity index (χ3v) is 4.69. The largest absolute Gasteiger partial charge is 0.376 e. The van der Waals surface area contributed by atoms with Crippen molar-refractivity contribution in [1.82, 2.24) is 5.32 Å². The van der Waals surface area contributed by atoms with Crippen LogP contribution in [0.1, 0.15) is 10.4 Å². The van der Waals surface area contributed by atoms with Crippen LogP contribution in [0.5, 0.6) is 0 Å². The highest BCUT2D eigenvalue weighted by Crippen LogP contribution is 2.29. The van der Waals surface area contributed by atoms with Crippen LogP contribution in [-0.4, -0.2) is 72.0 Å². The van der Waals surface area contributed by atoms with Crippen molar-refractivity contribution < 1.29 is 31.6 Å². The number of carbonyl (C=O) groups is 1. The molecule has 0 spiro atoms. The first-order valence-electron chi connectivity index (χ1n) is 8.26. The predicted molar refractivity (Wildman–Crippen MR) is 97.9 cm³/mol. The number of carbonyl (C=O) groups excluding carboxylic acids is 1. The summed E-state index contributed by atoms with van der Waals surface area (Å²) in [5.74, 6) is -0.380. The maximum atomic E-state index is 12.5. The summed E-state index contributed by atoms with van der Waals surface area (Å²) in [6.07, 6.45) is -3.02. The van der Waals surface area contributed by atoms with Crippen LogP contribution < -0.4 is 5.32 Å². The Morgan fingerprint density at radius 3 is 2.54 bits per heavy atom. The van der Waals surface area contributed by atoms with Gasteiger partial charge in [0.2, 0.25) is 0 Å². The van der Waals surface area contributed by atoms with Crippen molar-refractivity contribution in [3.63, 3.8) is 0 Å². The molecule has 1 N–H and O–H groups in total. The van der Waals surface area contributed by atoms with Crippen LogP contribution in [0.15, 0.2) is 35.4 Å². The Kier molecular flexibility index (Phi) is 7.75. The molecule has 1 aromatic carbocycles. The van der Waals surface area contributed by atoms with Crippen LogP contribution in [0, 0.1) is 0 Å². The van der Waals surface area contributed by atoms with Gasteiger partial charge < -0.3 is 19.5 Å². The van der Waals surface area contributed by atoms with Crippen LogP contribution >= 0.6 is 0 Å². The van der Waals surface area contributed by atoms with Crippen LogP contribution in [0.2, 0.25) is 0 Å². The van der Waals surface area contributed by atoms with E-state index in [1.54, 1.807) is 30.3 Å². The van der Waals surface area contributed by atoms with E-state index in [1.807, 2.05) is 0 Å². The van der Waals surface area contributed by atoms with Gasteiger partial charge in [-0.25, -0.2) is 0 Å². The van der Waals surface area contributed by atoms with Gasteiger partial charge in [0.1, 0.15) is 24.4 Å². The van der Waals surface area contributed by atoms with Crippen molar-refractivity contribution in [3.05, 3.63) is 46.3 Å². The summed E-state index contributed by atoms with van der Waals surface area (Å²) in [5.41, 5.74) is 9.00. The van der Waals surface area contributed by atoms with Crippen LogP contribution in [0.4, 0.5) is 0 Å². The van der Waals surface area contributed by atoms with E-state index in [0.29, 0.717) is 5.56 Å². The summed E-state index contributed by atoms with van der Waals surface area (Å²) >= 11 is 0. The van der Waals surface area contributed by atoms with E-state index >= 15 is 0 Å². The molecule has 1 aliphatic rings. The smallest absolute Gasteiger partial charge is 0.264 e. The van der Waals surface area contributed by atoms with E-state index in [0.717, 1.165) is 6.26 Å². The minimum atomic E-state index is -3.88. The summed E-state index contributed by atoms with van der Waals surface area (Å²) in [6.45, 7) is -0.316. The third-order valence-electron chi connectivity index (χ3n) is 4.09. The first kappa shape index (κ1) is 22.1. The second kappa shape index (κ2) is 9.82. The highest BCUT2D eigenvalue weighted by atomic mass is 32.2. The van der Waals surface area contributed by atoms with Crippen LogP contribution in [0.25, 0.3) is 10.4 Å². The maximum Gasteiger partial charge on any atom is 0.264 e. The summed E-state index contributed by atoms with van der Waals surface area (Å²) in [7, 11) is -1.12. The Labute approximate surface area is 162 Å². The van der Waals surface area contributed by atoms with Gasteiger partial charge in [0.25, 0.3) is 16.0 Å². The number of nitrogens with zero attached hydrogens (tertiary/aromatic N) is 3. The van der Waals surface area contributed by atoms with Gasteiger partial charge in [0.05, 0.1) is 12.8 Å². The van der Waals surface area contributed by atoms with E-state index in [-0.39, 0.29) is 12.5 Å². The zero-order chi connectivity index (χ0) is 20.7. The number of methoxy groups -OCH3 is 2. The number of hydrogen-bond acceptors (Lipinski definition) is 8. The van der Waals surface area contributed by atoms with Gasteiger partial charge >= 0.3 is 0 Å². The Morgan fingerprint density at radius 2 is 2.00 bits per heavy atom. The average molecular weight is 414 g/mol. The molecule has 0 radical (unpaired) electrons. The number of ether oxygens (including phenoxy) is 3. The minimum absolute atomic E-state index is 0.316. The molecule has 12 heteroatoms. The number of amides is 1. The molecule has 11 nitrogen and oxygen atoms in total. The lowest BCUT2D eigenvalue weighted by atomic mass is 10.0. The molecule has 5 atom stereocenters. The molecule has 1 amide bonds. The Bertz CT molecular complexity index is 814. The van der Waals surface area contributed by atoms with Crippen molar-refractivity contribution in [1.29, 1.82) is 0 Å². The number of azide groups is 1. The van der Waals surface area contributed by atoms with Crippen LogP contribution in [-0.2, 0) is 28.5 Å². The van der Waals surface area contributed by atoms with Crippen LogP contribution in [0.3, 0.4) is 0 Å². The number of rotatable bonds is 9. The molecule has 1 saturated heterocycles. The highest BCUT2D eigenvalue weighted by Gasteiger charge is 2.50. The molecule has 154 valence electrons. The molecule has 0 bridgehead atoms. The molecule has 0 saturated carbocycles. The second-order valence-electron chi connectivity index (χ2n) is 6.02. The summed E-state index contributed by atoms with van der Waals surface area (Å²) < 4.78 is 44.7. The summed E-state index contributed by atoms with van der Waals surface area (Å²) in [5, 5.41) is 6.16. The van der Waals surface area contributed by atoms with Gasteiger partial charge in [-0.2, -0.15) is 8.42 Å². The maximum absolute atomic E-state index is 12.5. The zero-order valence-electron chi connectivity index (χ0n) is 15.6. The highest BCUT2D eigenvalue weighted by molar-refractivity contribution is 7.86. The molecule has 0 unspecified atom stereocenters. The lowest BCUT2D eigenvalue weighted by Gasteiger charge is -2.26. The Hall–Kier alpha value is -2.21. The molecule has 2 rings (SSSR count). The summed E-state index contributed by atoms with van der Waals surface area (Å²) in [6, 6.07) is 7.75. The quantitative estimate of drug-likeness (QED) is 0.272. The Morgan fingerprint density at radius 1 is 1.32 bits per heavy atom. The number of benzene rings is 1. The molecule has 0 aromatic heterocycles. The molecule has 1 aromatic rings. The fourth-order valence-corrected chi connectivity index (χ4v) is 3.58. The second-order valence-corrected chi connectivity index (χ2v) is 7.62. The van der Waals surface area contributed by atoms with Crippen molar-refractivity contribution in [2.75, 3.05) is 27.0 Å². The molecule has 1 aliphatic heterocycles. The topological polar surface area (TPSA) is 149 Å². The third kappa shape index (κ3) is 5.64. The van der Waals surface area contributed by atoms with Gasteiger partial charge in [-0.15, -0.1) is 0 Å². The number of hydrogen-bond donors (Lipinski definition) is 1. The zero-order valence-corrected chi connectivity index (χ0v) is 16.4. The van der Waals surface area contributed by atoms with Gasteiger partial charge in [0, 0.05) is 24.7 Å². The normalized spacial score (nSPS) is 25.7. The monoisotopic (exact) mass is 414 g/mol. The molecule has 1 fully saturated rings. The lowest BCUT2D eigenvalue weighted by molar-refractivity contribution is -0.143. The van der Waals surface area contributed by atoms with E-state index in [2.05, 4.69) is 15.3 Å². The molecule has 28 heavy (non-hydrogen) atoms. The minimum Gasteiger partial charge on any atom is -0.376 e. The Balaban J connectivity index is 2.26. The van der Waals surface area contributed by atoms with E-state index in [9.17, 15) is 13.2 Å². The number of nitrogens with one attached hydrogen (secondary N) is 1. The standard InChI is InChI=1S/C16H22N4O7S/c1-24-14-12(19-15(21)10-7-5-4-6-8-10)16(25-2)26-13(14)11(9-18-20-17)27-28(3,22)23/h4-8,11-14,16H,9H2,1-3H3,(H,19,21)/t11-,12+,13+,14-,16+/m0/s1. The van der Waals surface area contributed by atoms with Crippen molar-refractivity contribution in [2.45, 2.75) is 30.6 Å². The van der Waals surface area contributed by atoms with Crippen molar-refractivity contribution in [3.8, 4) is 0 Å². The van der Waals surface area contributed by atoms with E-state index in [4.69, 9.17) is 23.9 Å². The first-order chi connectivity index (χ1) is 13.3. The first-order valence-corrected chi connectivity index (χ1v) is 10.1. The van der Waals surface area contributed by atoms with Crippen molar-refractivity contribution in [2.24, 2.45) is 5.11 Å². The predicted octanol–water partition coefficient (Wildman–Crippen LogP) is 0.826. The lowest BCUT2D eigenvalue weighted by Crippen LogP contribution is -2.51. The fraction of sp³-hybridized carbons (Fsp3) is 0.562.